The van der Waals surface area contributed by atoms with E-state index in [-0.39, 0.29) is 5.75 Å². The lowest BCUT2D eigenvalue weighted by Gasteiger charge is -2.08. The first-order chi connectivity index (χ1) is 7.38. The van der Waals surface area contributed by atoms with Gasteiger partial charge in [0.25, 0.3) is 0 Å². The normalized spacial score (nSPS) is 13.4. The van der Waals surface area contributed by atoms with Crippen LogP contribution in [0.25, 0.3) is 0 Å². The van der Waals surface area contributed by atoms with E-state index in [1.165, 1.54) is 19.1 Å². The van der Waals surface area contributed by atoms with Gasteiger partial charge in [-0.15, -0.1) is 0 Å². The van der Waals surface area contributed by atoms with Crippen molar-refractivity contribution in [1.82, 2.24) is 0 Å². The van der Waals surface area contributed by atoms with Crippen molar-refractivity contribution in [1.29, 1.82) is 0 Å². The zero-order chi connectivity index (χ0) is 12.3. The van der Waals surface area contributed by atoms with Gasteiger partial charge in [-0.3, -0.25) is 4.79 Å². The Morgan fingerprint density at radius 3 is 2.31 bits per heavy atom. The molecule has 0 amide bonds. The molecule has 0 heterocycles. The first-order valence-corrected chi connectivity index (χ1v) is 7.55. The summed E-state index contributed by atoms with van der Waals surface area (Å²) in [6.07, 6.45) is 0. The van der Waals surface area contributed by atoms with E-state index in [1.54, 1.807) is 12.1 Å². The highest BCUT2D eigenvalue weighted by atomic mass is 79.9. The molecule has 16 heavy (non-hydrogen) atoms. The summed E-state index contributed by atoms with van der Waals surface area (Å²) in [5.41, 5.74) is 0.323. The maximum atomic E-state index is 11.8. The third kappa shape index (κ3) is 3.06. The molecule has 0 aromatic heterocycles. The van der Waals surface area contributed by atoms with E-state index in [1.807, 2.05) is 0 Å². The number of sulfone groups is 1. The topological polar surface area (TPSA) is 51.2 Å². The van der Waals surface area contributed by atoms with Crippen LogP contribution in [-0.2, 0) is 9.84 Å². The Kier molecular flexibility index (Phi) is 4.52. The second-order valence-electron chi connectivity index (χ2n) is 3.14. The van der Waals surface area contributed by atoms with Crippen LogP contribution >= 0.6 is 27.5 Å². The van der Waals surface area contributed by atoms with Gasteiger partial charge in [-0.05, 0) is 24.3 Å². The Morgan fingerprint density at radius 1 is 1.38 bits per heavy atom. The molecular weight excluding hydrogens is 316 g/mol. The number of carbonyl (C=O) groups is 1. The van der Waals surface area contributed by atoms with Crippen molar-refractivity contribution in [2.45, 2.75) is 11.1 Å². The van der Waals surface area contributed by atoms with Crippen molar-refractivity contribution in [2.75, 3.05) is 5.75 Å². The standard InChI is InChI=1S/C10H10BrClO3S/c1-2-16(14,15)10(11)9(13)7-3-5-8(12)6-4-7/h3-6,10H,2H2,1H3/t10-/m1/s1. The third-order valence-electron chi connectivity index (χ3n) is 2.05. The van der Waals surface area contributed by atoms with Gasteiger partial charge in [-0.25, -0.2) is 8.42 Å². The number of ketones is 1. The van der Waals surface area contributed by atoms with E-state index in [4.69, 9.17) is 11.6 Å². The monoisotopic (exact) mass is 324 g/mol. The quantitative estimate of drug-likeness (QED) is 0.632. The van der Waals surface area contributed by atoms with Crippen molar-refractivity contribution >= 4 is 43.2 Å². The molecule has 0 aliphatic heterocycles. The van der Waals surface area contributed by atoms with Crippen LogP contribution in [-0.4, -0.2) is 24.1 Å². The molecule has 88 valence electrons. The van der Waals surface area contributed by atoms with Crippen LogP contribution in [0.2, 0.25) is 5.02 Å². The average molecular weight is 326 g/mol. The molecule has 0 radical (unpaired) electrons. The second-order valence-corrected chi connectivity index (χ2v) is 7.47. The number of hydrogen-bond acceptors (Lipinski definition) is 3. The fourth-order valence-electron chi connectivity index (χ4n) is 1.05. The SMILES string of the molecule is CCS(=O)(=O)[C@@H](Br)C(=O)c1ccc(Cl)cc1. The van der Waals surface area contributed by atoms with Crippen LogP contribution in [0, 0.1) is 0 Å². The number of rotatable bonds is 4. The zero-order valence-electron chi connectivity index (χ0n) is 8.48. The predicted molar refractivity (Wildman–Crippen MR) is 68.0 cm³/mol. The Balaban J connectivity index is 2.99. The molecule has 0 spiro atoms. The van der Waals surface area contributed by atoms with Gasteiger partial charge in [0.15, 0.2) is 19.8 Å². The highest BCUT2D eigenvalue weighted by molar-refractivity contribution is 9.11. The van der Waals surface area contributed by atoms with Gasteiger partial charge in [0.2, 0.25) is 0 Å². The van der Waals surface area contributed by atoms with Crippen molar-refractivity contribution in [2.24, 2.45) is 0 Å². The minimum absolute atomic E-state index is 0.0811. The molecule has 0 saturated carbocycles. The van der Waals surface area contributed by atoms with E-state index < -0.39 is 19.8 Å². The first-order valence-electron chi connectivity index (χ1n) is 4.54. The molecule has 1 aromatic carbocycles. The molecule has 1 atom stereocenters. The molecule has 1 aromatic rings. The number of benzene rings is 1. The van der Waals surface area contributed by atoms with Crippen LogP contribution in [0.1, 0.15) is 17.3 Å². The molecule has 0 aliphatic carbocycles. The Labute approximate surface area is 108 Å². The van der Waals surface area contributed by atoms with Crippen molar-refractivity contribution in [3.05, 3.63) is 34.9 Å². The smallest absolute Gasteiger partial charge is 0.191 e. The molecule has 0 N–H and O–H groups in total. The van der Waals surface area contributed by atoms with E-state index in [9.17, 15) is 13.2 Å². The summed E-state index contributed by atoms with van der Waals surface area (Å²) >= 11 is 8.58. The van der Waals surface area contributed by atoms with E-state index in [0.29, 0.717) is 10.6 Å². The number of hydrogen-bond donors (Lipinski definition) is 0. The average Bonchev–Trinajstić information content (AvgIpc) is 2.28. The van der Waals surface area contributed by atoms with Crippen LogP contribution in [0.4, 0.5) is 0 Å². The Hall–Kier alpha value is -0.390. The predicted octanol–water partition coefficient (Wildman–Crippen LogP) is 2.68. The van der Waals surface area contributed by atoms with Gasteiger partial charge < -0.3 is 0 Å². The van der Waals surface area contributed by atoms with Crippen LogP contribution in [0.3, 0.4) is 0 Å². The molecule has 0 unspecified atom stereocenters. The van der Waals surface area contributed by atoms with E-state index in [0.717, 1.165) is 0 Å². The highest BCUT2D eigenvalue weighted by Crippen LogP contribution is 2.18. The van der Waals surface area contributed by atoms with Crippen molar-refractivity contribution in [3.63, 3.8) is 0 Å². The van der Waals surface area contributed by atoms with Gasteiger partial charge in [-0.2, -0.15) is 0 Å². The van der Waals surface area contributed by atoms with Gasteiger partial charge >= 0.3 is 0 Å². The fraction of sp³-hybridized carbons (Fsp3) is 0.300. The lowest BCUT2D eigenvalue weighted by molar-refractivity contribution is 0.101. The van der Waals surface area contributed by atoms with Gasteiger partial charge in [0.05, 0.1) is 0 Å². The second kappa shape index (κ2) is 5.29. The molecule has 0 aliphatic rings. The largest absolute Gasteiger partial charge is 0.292 e. The summed E-state index contributed by atoms with van der Waals surface area (Å²) in [4.78, 5) is 11.8. The number of Topliss-reactive ketones (excluding diaryl/α,β-unsaturated/α-hetero) is 1. The molecular formula is C10H10BrClO3S. The van der Waals surface area contributed by atoms with Crippen molar-refractivity contribution in [3.8, 4) is 0 Å². The van der Waals surface area contributed by atoms with Gasteiger partial charge in [0.1, 0.15) is 0 Å². The first kappa shape index (κ1) is 13.7. The number of alkyl halides is 1. The lowest BCUT2D eigenvalue weighted by atomic mass is 10.1. The fourth-order valence-corrected chi connectivity index (χ4v) is 2.99. The van der Waals surface area contributed by atoms with Gasteiger partial charge in [-0.1, -0.05) is 34.5 Å². The molecule has 0 bridgehead atoms. The summed E-state index contributed by atoms with van der Waals surface area (Å²) < 4.78 is 21.8. The number of carbonyl (C=O) groups excluding carboxylic acids is 1. The number of halogens is 2. The lowest BCUT2D eigenvalue weighted by Crippen LogP contribution is -2.26. The van der Waals surface area contributed by atoms with E-state index in [2.05, 4.69) is 15.9 Å². The zero-order valence-corrected chi connectivity index (χ0v) is 11.6. The van der Waals surface area contributed by atoms with E-state index >= 15 is 0 Å². The van der Waals surface area contributed by atoms with Crippen molar-refractivity contribution < 1.29 is 13.2 Å². The summed E-state index contributed by atoms with van der Waals surface area (Å²) in [5, 5.41) is 0.501. The summed E-state index contributed by atoms with van der Waals surface area (Å²) in [5.74, 6) is -0.555. The molecule has 3 nitrogen and oxygen atoms in total. The molecule has 0 saturated heterocycles. The summed E-state index contributed by atoms with van der Waals surface area (Å²) in [7, 11) is -3.42. The summed E-state index contributed by atoms with van der Waals surface area (Å²) in [6.45, 7) is 1.50. The maximum Gasteiger partial charge on any atom is 0.191 e. The molecule has 0 fully saturated rings. The Bertz CT molecular complexity index is 481. The highest BCUT2D eigenvalue weighted by Gasteiger charge is 2.28. The molecule has 6 heteroatoms. The Morgan fingerprint density at radius 2 is 1.88 bits per heavy atom. The van der Waals surface area contributed by atoms with Crippen LogP contribution < -0.4 is 0 Å². The van der Waals surface area contributed by atoms with Crippen LogP contribution in [0.15, 0.2) is 24.3 Å². The van der Waals surface area contributed by atoms with Gasteiger partial charge in [0, 0.05) is 16.3 Å². The summed E-state index contributed by atoms with van der Waals surface area (Å²) in [6, 6.07) is 6.11. The van der Waals surface area contributed by atoms with Crippen LogP contribution in [0.5, 0.6) is 0 Å². The minimum atomic E-state index is -3.42. The maximum absolute atomic E-state index is 11.8. The third-order valence-corrected chi connectivity index (χ3v) is 6.08. The molecule has 1 rings (SSSR count). The minimum Gasteiger partial charge on any atom is -0.292 e.